The summed E-state index contributed by atoms with van der Waals surface area (Å²) in [6, 6.07) is 0.148. The van der Waals surface area contributed by atoms with Gasteiger partial charge in [0.05, 0.1) is 6.04 Å². The summed E-state index contributed by atoms with van der Waals surface area (Å²) in [5.74, 6) is -0.205. The Hall–Kier alpha value is -1.63. The molecule has 0 radical (unpaired) electrons. The maximum Gasteiger partial charge on any atom is 0.414 e. The lowest BCUT2D eigenvalue weighted by Crippen LogP contribution is -2.36. The van der Waals surface area contributed by atoms with Crippen LogP contribution in [0.15, 0.2) is 6.20 Å². The highest BCUT2D eigenvalue weighted by Gasteiger charge is 2.25. The average molecular weight is 184 g/mol. The first-order chi connectivity index (χ1) is 6.16. The lowest BCUT2D eigenvalue weighted by atomic mass is 10.3. The van der Waals surface area contributed by atoms with E-state index < -0.39 is 4.92 Å². The third-order valence-corrected chi connectivity index (χ3v) is 1.77. The van der Waals surface area contributed by atoms with E-state index in [1.807, 2.05) is 0 Å². The largest absolute Gasteiger partial charge is 0.444 e. The molecule has 0 spiro atoms. The molecule has 1 unspecified atom stereocenters. The summed E-state index contributed by atoms with van der Waals surface area (Å²) >= 11 is 0. The number of ether oxygens (including phenoxy) is 1. The standard InChI is InChI=1S/C6H8N4O3/c7-4-1-9-2-5(10(11)12)8-6(9)13-3-4/h2,4H,1,3,7H2. The zero-order chi connectivity index (χ0) is 9.42. The molecular formula is C6H8N4O3. The summed E-state index contributed by atoms with van der Waals surface area (Å²) in [5, 5.41) is 10.3. The van der Waals surface area contributed by atoms with Crippen molar-refractivity contribution in [3.05, 3.63) is 16.3 Å². The van der Waals surface area contributed by atoms with Crippen molar-refractivity contribution in [1.29, 1.82) is 0 Å². The van der Waals surface area contributed by atoms with E-state index >= 15 is 0 Å². The normalized spacial score (nSPS) is 20.5. The van der Waals surface area contributed by atoms with Crippen molar-refractivity contribution >= 4 is 5.82 Å². The van der Waals surface area contributed by atoms with Crippen molar-refractivity contribution in [2.45, 2.75) is 12.6 Å². The summed E-state index contributed by atoms with van der Waals surface area (Å²) in [6.45, 7) is 0.865. The third kappa shape index (κ3) is 1.33. The highest BCUT2D eigenvalue weighted by molar-refractivity contribution is 5.21. The Morgan fingerprint density at radius 3 is 3.31 bits per heavy atom. The maximum atomic E-state index is 10.3. The van der Waals surface area contributed by atoms with Crippen molar-refractivity contribution in [2.24, 2.45) is 5.73 Å². The molecule has 0 bridgehead atoms. The van der Waals surface area contributed by atoms with Gasteiger partial charge in [-0.05, 0) is 4.92 Å². The highest BCUT2D eigenvalue weighted by Crippen LogP contribution is 2.20. The summed E-state index contributed by atoms with van der Waals surface area (Å²) in [4.78, 5) is 13.5. The lowest BCUT2D eigenvalue weighted by molar-refractivity contribution is -0.389. The van der Waals surface area contributed by atoms with Crippen LogP contribution in [0.3, 0.4) is 0 Å². The van der Waals surface area contributed by atoms with Gasteiger partial charge >= 0.3 is 11.8 Å². The SMILES string of the molecule is NC1COc2nc([N+](=O)[O-])cn2C1. The number of nitrogens with two attached hydrogens (primary N) is 1. The zero-order valence-corrected chi connectivity index (χ0v) is 6.71. The number of aromatic nitrogens is 2. The second-order valence-corrected chi connectivity index (χ2v) is 2.86. The van der Waals surface area contributed by atoms with E-state index in [4.69, 9.17) is 10.5 Å². The first-order valence-corrected chi connectivity index (χ1v) is 3.77. The van der Waals surface area contributed by atoms with Crippen LogP contribution < -0.4 is 10.5 Å². The Balaban J connectivity index is 2.33. The van der Waals surface area contributed by atoms with Gasteiger partial charge in [-0.3, -0.25) is 4.57 Å². The monoisotopic (exact) mass is 184 g/mol. The molecule has 1 aromatic rings. The predicted octanol–water partition coefficient (Wildman–Crippen LogP) is -0.489. The average Bonchev–Trinajstić information content (AvgIpc) is 2.46. The van der Waals surface area contributed by atoms with Gasteiger partial charge in [0.2, 0.25) is 0 Å². The maximum absolute atomic E-state index is 10.3. The van der Waals surface area contributed by atoms with Crippen molar-refractivity contribution in [3.8, 4) is 6.01 Å². The first-order valence-electron chi connectivity index (χ1n) is 3.77. The number of fused-ring (bicyclic) bond motifs is 1. The van der Waals surface area contributed by atoms with Gasteiger partial charge in [-0.2, -0.15) is 0 Å². The van der Waals surface area contributed by atoms with Gasteiger partial charge < -0.3 is 20.6 Å². The summed E-state index contributed by atoms with van der Waals surface area (Å²) in [6.07, 6.45) is 1.33. The van der Waals surface area contributed by atoms with Crippen LogP contribution in [-0.2, 0) is 6.54 Å². The van der Waals surface area contributed by atoms with E-state index in [1.165, 1.54) is 6.20 Å². The topological polar surface area (TPSA) is 96.2 Å². The molecule has 0 aromatic carbocycles. The Morgan fingerprint density at radius 1 is 1.85 bits per heavy atom. The molecular weight excluding hydrogens is 176 g/mol. The Bertz CT molecular complexity index is 348. The van der Waals surface area contributed by atoms with Gasteiger partial charge in [-0.15, -0.1) is 0 Å². The molecule has 0 saturated heterocycles. The van der Waals surface area contributed by atoms with E-state index in [0.29, 0.717) is 13.2 Å². The van der Waals surface area contributed by atoms with E-state index in [0.717, 1.165) is 0 Å². The Morgan fingerprint density at radius 2 is 2.62 bits per heavy atom. The van der Waals surface area contributed by atoms with Crippen LogP contribution in [0.1, 0.15) is 0 Å². The van der Waals surface area contributed by atoms with E-state index in [2.05, 4.69) is 4.98 Å². The van der Waals surface area contributed by atoms with Gasteiger partial charge in [0.15, 0.2) is 0 Å². The number of nitro groups is 1. The molecule has 1 aromatic heterocycles. The van der Waals surface area contributed by atoms with Crippen LogP contribution >= 0.6 is 0 Å². The summed E-state index contributed by atoms with van der Waals surface area (Å²) < 4.78 is 6.64. The molecule has 2 rings (SSSR count). The fraction of sp³-hybridized carbons (Fsp3) is 0.500. The number of imidazole rings is 1. The molecule has 7 nitrogen and oxygen atoms in total. The molecule has 2 N–H and O–H groups in total. The molecule has 1 atom stereocenters. The zero-order valence-electron chi connectivity index (χ0n) is 6.71. The van der Waals surface area contributed by atoms with Crippen molar-refractivity contribution in [1.82, 2.24) is 9.55 Å². The molecule has 1 aliphatic heterocycles. The fourth-order valence-corrected chi connectivity index (χ4v) is 1.21. The molecule has 70 valence electrons. The second-order valence-electron chi connectivity index (χ2n) is 2.86. The molecule has 0 saturated carbocycles. The van der Waals surface area contributed by atoms with Crippen molar-refractivity contribution in [3.63, 3.8) is 0 Å². The minimum Gasteiger partial charge on any atom is -0.444 e. The van der Waals surface area contributed by atoms with Crippen molar-refractivity contribution < 1.29 is 9.66 Å². The molecule has 13 heavy (non-hydrogen) atoms. The predicted molar refractivity (Wildman–Crippen MR) is 42.4 cm³/mol. The van der Waals surface area contributed by atoms with Gasteiger partial charge in [0, 0.05) is 11.5 Å². The van der Waals surface area contributed by atoms with Gasteiger partial charge in [0.25, 0.3) is 0 Å². The van der Waals surface area contributed by atoms with E-state index in [-0.39, 0.29) is 17.9 Å². The number of rotatable bonds is 1. The van der Waals surface area contributed by atoms with Crippen LogP contribution in [0.5, 0.6) is 6.01 Å². The van der Waals surface area contributed by atoms with Crippen LogP contribution in [-0.4, -0.2) is 27.1 Å². The number of hydrogen-bond donors (Lipinski definition) is 1. The molecule has 0 aliphatic carbocycles. The minimum absolute atomic E-state index is 0.124. The van der Waals surface area contributed by atoms with E-state index in [9.17, 15) is 10.1 Å². The summed E-state index contributed by atoms with van der Waals surface area (Å²) in [7, 11) is 0. The molecule has 0 amide bonds. The van der Waals surface area contributed by atoms with Gasteiger partial charge in [-0.25, -0.2) is 0 Å². The molecule has 7 heteroatoms. The number of hydrogen-bond acceptors (Lipinski definition) is 5. The fourth-order valence-electron chi connectivity index (χ4n) is 1.21. The molecule has 1 aliphatic rings. The summed E-state index contributed by atoms with van der Waals surface area (Å²) in [5.41, 5.74) is 5.59. The highest BCUT2D eigenvalue weighted by atomic mass is 16.6. The Labute approximate surface area is 73.3 Å². The quantitative estimate of drug-likeness (QED) is 0.469. The van der Waals surface area contributed by atoms with Gasteiger partial charge in [-0.1, -0.05) is 0 Å². The lowest BCUT2D eigenvalue weighted by Gasteiger charge is -2.17. The Kier molecular flexibility index (Phi) is 1.66. The van der Waals surface area contributed by atoms with Crippen molar-refractivity contribution in [2.75, 3.05) is 6.61 Å². The van der Waals surface area contributed by atoms with Crippen LogP contribution in [0.2, 0.25) is 0 Å². The second kappa shape index (κ2) is 2.70. The van der Waals surface area contributed by atoms with E-state index in [1.54, 1.807) is 4.57 Å². The van der Waals surface area contributed by atoms with Crippen LogP contribution in [0.4, 0.5) is 5.82 Å². The van der Waals surface area contributed by atoms with Crippen LogP contribution in [0, 0.1) is 10.1 Å². The van der Waals surface area contributed by atoms with Gasteiger partial charge in [0.1, 0.15) is 12.8 Å². The molecule has 2 heterocycles. The number of nitrogens with zero attached hydrogens (tertiary/aromatic N) is 3. The van der Waals surface area contributed by atoms with Crippen LogP contribution in [0.25, 0.3) is 0 Å². The third-order valence-electron chi connectivity index (χ3n) is 1.77. The smallest absolute Gasteiger partial charge is 0.414 e. The molecule has 0 fully saturated rings. The minimum atomic E-state index is -0.555. The first kappa shape index (κ1) is 7.99.